The quantitative estimate of drug-likeness (QED) is 0.523. The molecule has 1 rings (SSSR count). The fourth-order valence-electron chi connectivity index (χ4n) is 1.70. The van der Waals surface area contributed by atoms with Crippen LogP contribution in [0.25, 0.3) is 0 Å². The highest BCUT2D eigenvalue weighted by Gasteiger charge is 2.31. The number of nitro groups is 1. The summed E-state index contributed by atoms with van der Waals surface area (Å²) in [6, 6.07) is 5.15. The lowest BCUT2D eigenvalue weighted by molar-refractivity contribution is -0.387. The highest BCUT2D eigenvalue weighted by atomic mass is 35.5. The first-order valence-corrected chi connectivity index (χ1v) is 7.96. The maximum absolute atomic E-state index is 12.6. The molecule has 0 bridgehead atoms. The Labute approximate surface area is 133 Å². The molecule has 1 aromatic rings. The van der Waals surface area contributed by atoms with E-state index in [-0.39, 0.29) is 31.1 Å². The minimum atomic E-state index is -4.17. The molecule has 0 aliphatic carbocycles. The summed E-state index contributed by atoms with van der Waals surface area (Å²) in [6.45, 7) is -0.0188. The van der Waals surface area contributed by atoms with Gasteiger partial charge in [0.15, 0.2) is 4.90 Å². The van der Waals surface area contributed by atoms with Gasteiger partial charge in [-0.15, -0.1) is 0 Å². The van der Waals surface area contributed by atoms with Gasteiger partial charge >= 0.3 is 0 Å². The van der Waals surface area contributed by atoms with Crippen LogP contribution in [0.1, 0.15) is 6.42 Å². The molecule has 0 unspecified atom stereocenters. The third-order valence-electron chi connectivity index (χ3n) is 2.75. The monoisotopic (exact) mass is 347 g/mol. The van der Waals surface area contributed by atoms with E-state index in [9.17, 15) is 18.5 Å². The van der Waals surface area contributed by atoms with Crippen LogP contribution >= 0.6 is 11.6 Å². The van der Waals surface area contributed by atoms with Crippen LogP contribution < -0.4 is 0 Å². The second-order valence-corrected chi connectivity index (χ2v) is 6.52. The Morgan fingerprint density at radius 1 is 1.45 bits per heavy atom. The van der Waals surface area contributed by atoms with Crippen molar-refractivity contribution in [2.75, 3.05) is 26.8 Å². The maximum Gasteiger partial charge on any atom is 0.289 e. The van der Waals surface area contributed by atoms with E-state index in [0.717, 1.165) is 16.4 Å². The zero-order valence-electron chi connectivity index (χ0n) is 11.7. The van der Waals surface area contributed by atoms with Crippen LogP contribution in [0.5, 0.6) is 0 Å². The van der Waals surface area contributed by atoms with Gasteiger partial charge in [-0.1, -0.05) is 11.6 Å². The smallest absolute Gasteiger partial charge is 0.289 e. The van der Waals surface area contributed by atoms with Crippen LogP contribution in [-0.4, -0.2) is 44.5 Å². The van der Waals surface area contributed by atoms with Crippen molar-refractivity contribution in [2.45, 2.75) is 11.3 Å². The van der Waals surface area contributed by atoms with E-state index in [2.05, 4.69) is 0 Å². The first kappa shape index (κ1) is 18.3. The van der Waals surface area contributed by atoms with Gasteiger partial charge in [0.1, 0.15) is 0 Å². The topological polar surface area (TPSA) is 114 Å². The molecular weight excluding hydrogens is 334 g/mol. The third-order valence-corrected chi connectivity index (χ3v) is 4.92. The lowest BCUT2D eigenvalue weighted by atomic mass is 10.3. The number of ether oxygens (including phenoxy) is 1. The van der Waals surface area contributed by atoms with Crippen molar-refractivity contribution in [3.63, 3.8) is 0 Å². The highest BCUT2D eigenvalue weighted by Crippen LogP contribution is 2.29. The Kier molecular flexibility index (Phi) is 6.70. The van der Waals surface area contributed by atoms with Gasteiger partial charge in [0.2, 0.25) is 10.0 Å². The van der Waals surface area contributed by atoms with E-state index in [1.165, 1.54) is 13.2 Å². The molecule has 8 nitrogen and oxygen atoms in total. The summed E-state index contributed by atoms with van der Waals surface area (Å²) >= 11 is 5.76. The van der Waals surface area contributed by atoms with Crippen LogP contribution in [0, 0.1) is 21.4 Å². The molecule has 0 saturated carbocycles. The molecule has 0 saturated heterocycles. The molecule has 1 aromatic carbocycles. The average molecular weight is 348 g/mol. The zero-order valence-corrected chi connectivity index (χ0v) is 13.3. The average Bonchev–Trinajstić information content (AvgIpc) is 2.46. The number of nitro benzene ring substituents is 1. The summed E-state index contributed by atoms with van der Waals surface area (Å²) in [6.07, 6.45) is -0.0443. The van der Waals surface area contributed by atoms with Crippen molar-refractivity contribution in [3.8, 4) is 6.07 Å². The molecule has 120 valence electrons. The number of nitrogens with zero attached hydrogens (tertiary/aromatic N) is 3. The van der Waals surface area contributed by atoms with Crippen molar-refractivity contribution in [1.82, 2.24) is 4.31 Å². The van der Waals surface area contributed by atoms with E-state index < -0.39 is 25.5 Å². The van der Waals surface area contributed by atoms with E-state index >= 15 is 0 Å². The van der Waals surface area contributed by atoms with Gasteiger partial charge in [-0.05, 0) is 12.1 Å². The van der Waals surface area contributed by atoms with Gasteiger partial charge in [-0.25, -0.2) is 8.42 Å². The highest BCUT2D eigenvalue weighted by molar-refractivity contribution is 7.89. The number of rotatable bonds is 8. The van der Waals surface area contributed by atoms with Crippen LogP contribution in [0.3, 0.4) is 0 Å². The summed E-state index contributed by atoms with van der Waals surface area (Å²) in [5.41, 5.74) is -0.566. The molecule has 0 atom stereocenters. The number of methoxy groups -OCH3 is 1. The first-order valence-electron chi connectivity index (χ1n) is 6.14. The van der Waals surface area contributed by atoms with Crippen molar-refractivity contribution < 1.29 is 18.1 Å². The number of hydrogen-bond acceptors (Lipinski definition) is 6. The Hall–Kier alpha value is -1.73. The SMILES string of the molecule is COCCN(CCC#N)S(=O)(=O)c1cc(Cl)ccc1[N+](=O)[O-]. The van der Waals surface area contributed by atoms with Gasteiger partial charge in [0.05, 0.1) is 17.6 Å². The summed E-state index contributed by atoms with van der Waals surface area (Å²) in [5.74, 6) is 0. The molecule has 10 heteroatoms. The third kappa shape index (κ3) is 4.38. The lowest BCUT2D eigenvalue weighted by Gasteiger charge is -2.20. The molecular formula is C12H14ClN3O5S. The minimum absolute atomic E-state index is 0.0236. The predicted molar refractivity (Wildman–Crippen MR) is 79.0 cm³/mol. The number of sulfonamides is 1. The number of benzene rings is 1. The molecule has 0 aromatic heterocycles. The normalized spacial score (nSPS) is 11.4. The minimum Gasteiger partial charge on any atom is -0.383 e. The first-order chi connectivity index (χ1) is 10.3. The van der Waals surface area contributed by atoms with E-state index in [0.29, 0.717) is 0 Å². The van der Waals surface area contributed by atoms with E-state index in [1.54, 1.807) is 0 Å². The summed E-state index contributed by atoms with van der Waals surface area (Å²) in [5, 5.41) is 19.7. The van der Waals surface area contributed by atoms with Gasteiger partial charge in [0.25, 0.3) is 5.69 Å². The Bertz CT molecular complexity index is 686. The fourth-order valence-corrected chi connectivity index (χ4v) is 3.55. The van der Waals surface area contributed by atoms with Crippen molar-refractivity contribution in [1.29, 1.82) is 5.26 Å². The second-order valence-electron chi connectivity index (χ2n) is 4.17. The molecule has 0 fully saturated rings. The fraction of sp³-hybridized carbons (Fsp3) is 0.417. The molecule has 0 aliphatic rings. The number of nitriles is 1. The zero-order chi connectivity index (χ0) is 16.8. The van der Waals surface area contributed by atoms with Gasteiger partial charge in [-0.3, -0.25) is 10.1 Å². The molecule has 22 heavy (non-hydrogen) atoms. The predicted octanol–water partition coefficient (Wildman–Crippen LogP) is 1.80. The van der Waals surface area contributed by atoms with Crippen molar-refractivity contribution in [2.24, 2.45) is 0 Å². The molecule has 0 aliphatic heterocycles. The molecule has 0 heterocycles. The standard InChI is InChI=1S/C12H14ClN3O5S/c1-21-8-7-15(6-2-5-14)22(19,20)12-9-10(13)3-4-11(12)16(17)18/h3-4,9H,2,6-8H2,1H3. The van der Waals surface area contributed by atoms with Crippen molar-refractivity contribution >= 4 is 27.3 Å². The van der Waals surface area contributed by atoms with E-state index in [1.807, 2.05) is 6.07 Å². The van der Waals surface area contributed by atoms with Crippen LogP contribution in [0.4, 0.5) is 5.69 Å². The Morgan fingerprint density at radius 2 is 2.14 bits per heavy atom. The summed E-state index contributed by atoms with van der Waals surface area (Å²) in [7, 11) is -2.77. The van der Waals surface area contributed by atoms with Crippen LogP contribution in [0.15, 0.2) is 23.1 Å². The molecule has 0 radical (unpaired) electrons. The lowest BCUT2D eigenvalue weighted by Crippen LogP contribution is -2.35. The second kappa shape index (κ2) is 8.05. The number of halogens is 1. The van der Waals surface area contributed by atoms with Crippen molar-refractivity contribution in [3.05, 3.63) is 33.3 Å². The molecule has 0 N–H and O–H groups in total. The van der Waals surface area contributed by atoms with Gasteiger partial charge < -0.3 is 4.74 Å². The van der Waals surface area contributed by atoms with Crippen LogP contribution in [0.2, 0.25) is 5.02 Å². The Balaban J connectivity index is 3.32. The van der Waals surface area contributed by atoms with Gasteiger partial charge in [0, 0.05) is 37.7 Å². The van der Waals surface area contributed by atoms with Gasteiger partial charge in [-0.2, -0.15) is 9.57 Å². The summed E-state index contributed by atoms with van der Waals surface area (Å²) in [4.78, 5) is 9.74. The summed E-state index contributed by atoms with van der Waals surface area (Å²) < 4.78 is 31.0. The molecule has 0 spiro atoms. The van der Waals surface area contributed by atoms with Crippen LogP contribution in [-0.2, 0) is 14.8 Å². The number of hydrogen-bond donors (Lipinski definition) is 0. The molecule has 0 amide bonds. The maximum atomic E-state index is 12.6. The van der Waals surface area contributed by atoms with E-state index in [4.69, 9.17) is 21.6 Å². The largest absolute Gasteiger partial charge is 0.383 e. The Morgan fingerprint density at radius 3 is 2.68 bits per heavy atom.